The van der Waals surface area contributed by atoms with E-state index in [1.807, 2.05) is 71.3 Å². The fourth-order valence-corrected chi connectivity index (χ4v) is 3.08. The molecule has 2 heterocycles. The first kappa shape index (κ1) is 15.5. The minimum Gasteiger partial charge on any atom is -0.322 e. The van der Waals surface area contributed by atoms with Gasteiger partial charge in [-0.3, -0.25) is 9.20 Å². The monoisotopic (exact) mass is 392 g/mol. The summed E-state index contributed by atoms with van der Waals surface area (Å²) in [6.45, 7) is 0. The van der Waals surface area contributed by atoms with Crippen molar-refractivity contribution in [1.82, 2.24) is 14.6 Å². The van der Waals surface area contributed by atoms with Crippen LogP contribution in [0.5, 0.6) is 0 Å². The molecule has 0 saturated heterocycles. The van der Waals surface area contributed by atoms with Crippen molar-refractivity contribution < 1.29 is 4.79 Å². The number of nitrogens with zero attached hydrogens (tertiary/aromatic N) is 3. The Labute approximate surface area is 152 Å². The zero-order valence-corrected chi connectivity index (χ0v) is 14.6. The molecule has 0 aliphatic heterocycles. The summed E-state index contributed by atoms with van der Waals surface area (Å²) in [5.41, 5.74) is 2.94. The molecule has 4 rings (SSSR count). The van der Waals surface area contributed by atoms with Crippen molar-refractivity contribution in [2.45, 2.75) is 0 Å². The van der Waals surface area contributed by atoms with E-state index in [1.165, 1.54) is 0 Å². The van der Waals surface area contributed by atoms with Gasteiger partial charge >= 0.3 is 0 Å². The maximum atomic E-state index is 12.5. The summed E-state index contributed by atoms with van der Waals surface area (Å²) in [5.74, 6) is 0.559. The van der Waals surface area contributed by atoms with E-state index in [-0.39, 0.29) is 5.91 Å². The summed E-state index contributed by atoms with van der Waals surface area (Å²) in [6, 6.07) is 20.6. The Hall–Kier alpha value is -2.99. The predicted octanol–water partition coefficient (Wildman–Crippen LogP) is 4.41. The maximum Gasteiger partial charge on any atom is 0.256 e. The lowest BCUT2D eigenvalue weighted by molar-refractivity contribution is 0.102. The lowest BCUT2D eigenvalue weighted by Gasteiger charge is -2.08. The van der Waals surface area contributed by atoms with Gasteiger partial charge in [-0.2, -0.15) is 0 Å². The number of hydrogen-bond acceptors (Lipinski definition) is 3. The number of halogens is 1. The first-order valence-corrected chi connectivity index (χ1v) is 8.48. The van der Waals surface area contributed by atoms with Gasteiger partial charge in [0.1, 0.15) is 0 Å². The van der Waals surface area contributed by atoms with E-state index >= 15 is 0 Å². The highest BCUT2D eigenvalue weighted by Gasteiger charge is 2.11. The van der Waals surface area contributed by atoms with Crippen LogP contribution in [0.4, 0.5) is 5.69 Å². The lowest BCUT2D eigenvalue weighted by atomic mass is 10.1. The van der Waals surface area contributed by atoms with Gasteiger partial charge in [0.25, 0.3) is 5.91 Å². The Morgan fingerprint density at radius 3 is 2.68 bits per heavy atom. The van der Waals surface area contributed by atoms with Crippen molar-refractivity contribution in [3.63, 3.8) is 0 Å². The van der Waals surface area contributed by atoms with Gasteiger partial charge in [0.2, 0.25) is 0 Å². The summed E-state index contributed by atoms with van der Waals surface area (Å²) in [6.07, 6.45) is 1.91. The van der Waals surface area contributed by atoms with Gasteiger partial charge < -0.3 is 5.32 Å². The molecule has 2 aromatic carbocycles. The van der Waals surface area contributed by atoms with Crippen LogP contribution in [0.3, 0.4) is 0 Å². The van der Waals surface area contributed by atoms with Crippen molar-refractivity contribution in [3.8, 4) is 11.4 Å². The molecule has 0 aliphatic carbocycles. The Balaban J connectivity index is 1.66. The van der Waals surface area contributed by atoms with Crippen LogP contribution in [0, 0.1) is 0 Å². The Morgan fingerprint density at radius 1 is 0.960 bits per heavy atom. The van der Waals surface area contributed by atoms with Gasteiger partial charge in [-0.15, -0.1) is 10.2 Å². The van der Waals surface area contributed by atoms with Gasteiger partial charge in [0.15, 0.2) is 11.5 Å². The zero-order valence-electron chi connectivity index (χ0n) is 13.1. The number of hydrogen-bond donors (Lipinski definition) is 1. The summed E-state index contributed by atoms with van der Waals surface area (Å²) in [5, 5.41) is 11.3. The topological polar surface area (TPSA) is 59.3 Å². The molecule has 0 saturated carbocycles. The SMILES string of the molecule is O=C(Nc1cccc(-c2nnc3ccccn23)c1)c1ccccc1Br. The van der Waals surface area contributed by atoms with Crippen LogP contribution in [-0.2, 0) is 0 Å². The Morgan fingerprint density at radius 2 is 1.80 bits per heavy atom. The van der Waals surface area contributed by atoms with E-state index in [4.69, 9.17) is 0 Å². The molecule has 0 atom stereocenters. The van der Waals surface area contributed by atoms with Crippen LogP contribution in [0.1, 0.15) is 10.4 Å². The third kappa shape index (κ3) is 3.04. The van der Waals surface area contributed by atoms with Gasteiger partial charge in [-0.1, -0.05) is 30.3 Å². The van der Waals surface area contributed by atoms with E-state index in [0.717, 1.165) is 21.5 Å². The maximum absolute atomic E-state index is 12.5. The van der Waals surface area contributed by atoms with E-state index in [0.29, 0.717) is 11.3 Å². The smallest absolute Gasteiger partial charge is 0.256 e. The Kier molecular flexibility index (Phi) is 4.03. The molecular formula is C19H13BrN4O. The van der Waals surface area contributed by atoms with Gasteiger partial charge in [0, 0.05) is 21.9 Å². The van der Waals surface area contributed by atoms with Gasteiger partial charge in [-0.05, 0) is 52.3 Å². The van der Waals surface area contributed by atoms with Crippen LogP contribution in [0.2, 0.25) is 0 Å². The number of anilines is 1. The van der Waals surface area contributed by atoms with Crippen molar-refractivity contribution in [1.29, 1.82) is 0 Å². The highest BCUT2D eigenvalue weighted by Crippen LogP contribution is 2.23. The number of carbonyl (C=O) groups is 1. The van der Waals surface area contributed by atoms with E-state index in [2.05, 4.69) is 31.4 Å². The highest BCUT2D eigenvalue weighted by atomic mass is 79.9. The number of nitrogens with one attached hydrogen (secondary N) is 1. The molecule has 25 heavy (non-hydrogen) atoms. The average molecular weight is 393 g/mol. The molecule has 1 N–H and O–H groups in total. The third-order valence-electron chi connectivity index (χ3n) is 3.81. The van der Waals surface area contributed by atoms with Crippen molar-refractivity contribution in [2.24, 2.45) is 0 Å². The summed E-state index contributed by atoms with van der Waals surface area (Å²) in [4.78, 5) is 12.5. The second kappa shape index (κ2) is 6.49. The number of benzene rings is 2. The molecule has 2 aromatic heterocycles. The quantitative estimate of drug-likeness (QED) is 0.561. The third-order valence-corrected chi connectivity index (χ3v) is 4.50. The molecule has 0 bridgehead atoms. The summed E-state index contributed by atoms with van der Waals surface area (Å²) in [7, 11) is 0. The standard InChI is InChI=1S/C19H13BrN4O/c20-16-9-2-1-8-15(16)19(25)21-14-7-5-6-13(12-14)18-23-22-17-10-3-4-11-24(17)18/h1-12H,(H,21,25). The van der Waals surface area contributed by atoms with Crippen LogP contribution in [0.15, 0.2) is 77.4 Å². The van der Waals surface area contributed by atoms with Gasteiger partial charge in [-0.25, -0.2) is 0 Å². The minimum absolute atomic E-state index is 0.171. The molecule has 6 heteroatoms. The summed E-state index contributed by atoms with van der Waals surface area (Å²) < 4.78 is 2.67. The summed E-state index contributed by atoms with van der Waals surface area (Å²) >= 11 is 3.40. The first-order valence-electron chi connectivity index (χ1n) is 7.68. The van der Waals surface area contributed by atoms with Crippen LogP contribution in [-0.4, -0.2) is 20.5 Å². The molecule has 0 aliphatic rings. The molecule has 4 aromatic rings. The van der Waals surface area contributed by atoms with Gasteiger partial charge in [0.05, 0.1) is 5.56 Å². The molecule has 0 radical (unpaired) electrons. The normalized spacial score (nSPS) is 10.8. The number of carbonyl (C=O) groups excluding carboxylic acids is 1. The fraction of sp³-hybridized carbons (Fsp3) is 0. The zero-order chi connectivity index (χ0) is 17.2. The lowest BCUT2D eigenvalue weighted by Crippen LogP contribution is -2.12. The first-order chi connectivity index (χ1) is 12.2. The minimum atomic E-state index is -0.171. The second-order valence-corrected chi connectivity index (χ2v) is 6.32. The van der Waals surface area contributed by atoms with Crippen LogP contribution < -0.4 is 5.32 Å². The molecule has 0 fully saturated rings. The number of aromatic nitrogens is 3. The number of rotatable bonds is 3. The molecule has 5 nitrogen and oxygen atoms in total. The number of amides is 1. The predicted molar refractivity (Wildman–Crippen MR) is 101 cm³/mol. The molecule has 0 unspecified atom stereocenters. The average Bonchev–Trinajstić information content (AvgIpc) is 3.06. The van der Waals surface area contributed by atoms with E-state index < -0.39 is 0 Å². The molecule has 0 spiro atoms. The molecule has 1 amide bonds. The van der Waals surface area contributed by atoms with Crippen molar-refractivity contribution in [2.75, 3.05) is 5.32 Å². The molecular weight excluding hydrogens is 380 g/mol. The molecule has 122 valence electrons. The van der Waals surface area contributed by atoms with Crippen molar-refractivity contribution in [3.05, 3.63) is 83.0 Å². The number of pyridine rings is 1. The van der Waals surface area contributed by atoms with Crippen LogP contribution in [0.25, 0.3) is 17.0 Å². The largest absolute Gasteiger partial charge is 0.322 e. The fourth-order valence-electron chi connectivity index (χ4n) is 2.62. The van der Waals surface area contributed by atoms with Crippen molar-refractivity contribution >= 4 is 33.2 Å². The Bertz CT molecular complexity index is 1070. The number of fused-ring (bicyclic) bond motifs is 1. The van der Waals surface area contributed by atoms with Crippen LogP contribution >= 0.6 is 15.9 Å². The highest BCUT2D eigenvalue weighted by molar-refractivity contribution is 9.10. The van der Waals surface area contributed by atoms with E-state index in [9.17, 15) is 4.79 Å². The second-order valence-electron chi connectivity index (χ2n) is 5.47. The van der Waals surface area contributed by atoms with E-state index in [1.54, 1.807) is 6.07 Å².